The summed E-state index contributed by atoms with van der Waals surface area (Å²) in [6.45, 7) is 2.01. The zero-order chi connectivity index (χ0) is 33.9. The average molecular weight is 652 g/mol. The Kier molecular flexibility index (Phi) is 9.66. The lowest BCUT2D eigenvalue weighted by Gasteiger charge is -2.20. The molecule has 0 aliphatic heterocycles. The number of nitrogens with zero attached hydrogens (tertiary/aromatic N) is 1. The van der Waals surface area contributed by atoms with Gasteiger partial charge < -0.3 is 4.74 Å². The molecular weight excluding hydrogens is 626 g/mol. The summed E-state index contributed by atoms with van der Waals surface area (Å²) in [5.74, 6) is -6.98. The third-order valence-corrected chi connectivity index (χ3v) is 7.61. The number of hydrogen-bond acceptors (Lipinski definition) is 2. The van der Waals surface area contributed by atoms with E-state index in [1.807, 2.05) is 6.92 Å². The maximum Gasteiger partial charge on any atom is 0.429 e. The topological polar surface area (TPSA) is 33.0 Å². The van der Waals surface area contributed by atoms with Gasteiger partial charge in [0.2, 0.25) is 0 Å². The zero-order valence-electron chi connectivity index (χ0n) is 24.8. The van der Waals surface area contributed by atoms with Crippen molar-refractivity contribution in [2.45, 2.75) is 38.7 Å². The van der Waals surface area contributed by atoms with Crippen LogP contribution in [0.25, 0.3) is 33.4 Å². The van der Waals surface area contributed by atoms with E-state index < -0.39 is 57.9 Å². The van der Waals surface area contributed by atoms with Crippen LogP contribution in [0.2, 0.25) is 0 Å². The first-order valence-electron chi connectivity index (χ1n) is 14.6. The Morgan fingerprint density at radius 3 is 1.85 bits per heavy atom. The first-order valence-corrected chi connectivity index (χ1v) is 14.6. The third-order valence-electron chi connectivity index (χ3n) is 7.61. The molecule has 47 heavy (non-hydrogen) atoms. The fourth-order valence-corrected chi connectivity index (χ4v) is 5.21. The summed E-state index contributed by atoms with van der Waals surface area (Å²) in [6, 6.07) is 15.8. The fraction of sp³-hybridized carbons (Fsp3) is 0.162. The predicted octanol–water partition coefficient (Wildman–Crippen LogP) is 11.3. The number of unbranched alkanes of at least 4 members (excludes halogenated alkanes) is 2. The van der Waals surface area contributed by atoms with E-state index in [4.69, 9.17) is 5.26 Å². The lowest BCUT2D eigenvalue weighted by molar-refractivity contribution is -0.187. The molecule has 10 heteroatoms. The van der Waals surface area contributed by atoms with Gasteiger partial charge >= 0.3 is 6.11 Å². The molecule has 0 aromatic heterocycles. The van der Waals surface area contributed by atoms with Gasteiger partial charge in [-0.3, -0.25) is 0 Å². The van der Waals surface area contributed by atoms with E-state index in [1.54, 1.807) is 6.07 Å². The zero-order valence-corrected chi connectivity index (χ0v) is 24.8. The number of rotatable bonds is 10. The normalized spacial score (nSPS) is 11.4. The molecule has 5 aromatic carbocycles. The van der Waals surface area contributed by atoms with Crippen molar-refractivity contribution < 1.29 is 39.9 Å². The summed E-state index contributed by atoms with van der Waals surface area (Å²) in [7, 11) is 0. The Labute approximate surface area is 265 Å². The van der Waals surface area contributed by atoms with Gasteiger partial charge in [-0.25, -0.2) is 26.3 Å². The van der Waals surface area contributed by atoms with Gasteiger partial charge in [-0.15, -0.1) is 0 Å². The van der Waals surface area contributed by atoms with Crippen molar-refractivity contribution in [3.05, 3.63) is 137 Å². The second-order valence-corrected chi connectivity index (χ2v) is 10.8. The minimum atomic E-state index is -4.12. The van der Waals surface area contributed by atoms with Crippen molar-refractivity contribution in [3.8, 4) is 45.2 Å². The summed E-state index contributed by atoms with van der Waals surface area (Å²) >= 11 is 0. The molecule has 0 atom stereocenters. The number of aryl methyl sites for hydroxylation is 1. The third kappa shape index (κ3) is 7.14. The van der Waals surface area contributed by atoms with Crippen LogP contribution >= 0.6 is 0 Å². The number of halogens is 8. The molecule has 0 fully saturated rings. The molecule has 0 unspecified atom stereocenters. The van der Waals surface area contributed by atoms with Crippen LogP contribution in [0.4, 0.5) is 35.1 Å². The quantitative estimate of drug-likeness (QED) is 0.111. The Morgan fingerprint density at radius 2 is 1.23 bits per heavy atom. The molecule has 0 heterocycles. The molecule has 0 bridgehead atoms. The molecule has 0 aliphatic carbocycles. The molecule has 0 saturated heterocycles. The number of nitriles is 1. The van der Waals surface area contributed by atoms with E-state index in [-0.39, 0.29) is 33.4 Å². The van der Waals surface area contributed by atoms with E-state index in [1.165, 1.54) is 18.2 Å². The highest BCUT2D eigenvalue weighted by atomic mass is 19.3. The monoisotopic (exact) mass is 651 g/mol. The summed E-state index contributed by atoms with van der Waals surface area (Å²) in [6.07, 6.45) is -0.932. The minimum Gasteiger partial charge on any atom is -0.429 e. The van der Waals surface area contributed by atoms with E-state index >= 15 is 17.6 Å². The van der Waals surface area contributed by atoms with Gasteiger partial charge in [-0.05, 0) is 89.7 Å². The molecule has 5 rings (SSSR count). The number of hydrogen-bond donors (Lipinski definition) is 0. The lowest BCUT2D eigenvalue weighted by atomic mass is 9.96. The first-order chi connectivity index (χ1) is 22.4. The summed E-state index contributed by atoms with van der Waals surface area (Å²) < 4.78 is 123. The summed E-state index contributed by atoms with van der Waals surface area (Å²) in [4.78, 5) is 0. The second-order valence-electron chi connectivity index (χ2n) is 10.8. The minimum absolute atomic E-state index is 0.0163. The van der Waals surface area contributed by atoms with Crippen LogP contribution in [0.3, 0.4) is 0 Å². The molecular formula is C37H25F8NO. The average Bonchev–Trinajstić information content (AvgIpc) is 3.00. The molecule has 2 nitrogen and oxygen atoms in total. The van der Waals surface area contributed by atoms with Gasteiger partial charge in [-0.1, -0.05) is 44.0 Å². The van der Waals surface area contributed by atoms with Crippen LogP contribution in [0.15, 0.2) is 84.9 Å². The Balaban J connectivity index is 1.36. The number of alkyl halides is 2. The SMILES string of the molecule is CCCCCc1ccc(C(F)(F)Oc2ccc(-c3ccc(-c4cc(F)c(-c5ccc(C#N)c(F)c5)c(F)c4)c(F)c3)c(F)c2)c(F)c1. The van der Waals surface area contributed by atoms with Crippen molar-refractivity contribution in [2.75, 3.05) is 0 Å². The van der Waals surface area contributed by atoms with Gasteiger partial charge in [0.25, 0.3) is 0 Å². The van der Waals surface area contributed by atoms with Gasteiger partial charge in [0.05, 0.1) is 16.7 Å². The van der Waals surface area contributed by atoms with Crippen molar-refractivity contribution in [2.24, 2.45) is 0 Å². The van der Waals surface area contributed by atoms with E-state index in [0.29, 0.717) is 18.1 Å². The fourth-order valence-electron chi connectivity index (χ4n) is 5.21. The van der Waals surface area contributed by atoms with Crippen LogP contribution in [0, 0.1) is 46.2 Å². The Bertz CT molecular complexity index is 1980. The van der Waals surface area contributed by atoms with E-state index in [9.17, 15) is 17.6 Å². The maximum absolute atomic E-state index is 15.2. The smallest absolute Gasteiger partial charge is 0.429 e. The molecule has 240 valence electrons. The van der Waals surface area contributed by atoms with Gasteiger partial charge in [0.15, 0.2) is 0 Å². The predicted molar refractivity (Wildman–Crippen MR) is 161 cm³/mol. The second kappa shape index (κ2) is 13.7. The molecule has 0 N–H and O–H groups in total. The molecule has 0 amide bonds. The summed E-state index contributed by atoms with van der Waals surface area (Å²) in [5, 5.41) is 8.88. The first kappa shape index (κ1) is 33.2. The van der Waals surface area contributed by atoms with Crippen molar-refractivity contribution in [3.63, 3.8) is 0 Å². The number of ether oxygens (including phenoxy) is 1. The van der Waals surface area contributed by atoms with Crippen LogP contribution in [0.1, 0.15) is 42.9 Å². The lowest BCUT2D eigenvalue weighted by Crippen LogP contribution is -2.23. The van der Waals surface area contributed by atoms with Crippen LogP contribution in [-0.2, 0) is 12.5 Å². The molecule has 0 saturated carbocycles. The number of benzene rings is 5. The molecule has 0 aliphatic rings. The van der Waals surface area contributed by atoms with Gasteiger partial charge in [0.1, 0.15) is 46.7 Å². The van der Waals surface area contributed by atoms with Gasteiger partial charge in [0, 0.05) is 17.2 Å². The highest BCUT2D eigenvalue weighted by molar-refractivity contribution is 5.75. The van der Waals surface area contributed by atoms with Crippen LogP contribution < -0.4 is 4.74 Å². The molecule has 0 spiro atoms. The Hall–Kier alpha value is -5.17. The maximum atomic E-state index is 15.2. The Morgan fingerprint density at radius 1 is 0.617 bits per heavy atom. The van der Waals surface area contributed by atoms with Crippen LogP contribution in [-0.4, -0.2) is 0 Å². The van der Waals surface area contributed by atoms with Gasteiger partial charge in [-0.2, -0.15) is 14.0 Å². The van der Waals surface area contributed by atoms with Crippen molar-refractivity contribution in [1.82, 2.24) is 0 Å². The van der Waals surface area contributed by atoms with Crippen molar-refractivity contribution >= 4 is 0 Å². The van der Waals surface area contributed by atoms with E-state index in [0.717, 1.165) is 79.9 Å². The highest BCUT2D eigenvalue weighted by Crippen LogP contribution is 2.37. The standard InChI is InChI=1S/C37H25F8NO/c1-2-3-4-5-21-6-13-29(33(41)14-21)37(44,45)47-26-10-12-27(32(40)19-26)22-9-11-28(31(39)15-22)25-17-34(42)36(35(43)18-25)23-7-8-24(20-46)30(38)16-23/h6-19H,2-5H2,1H3. The molecule has 0 radical (unpaired) electrons. The molecule has 5 aromatic rings. The summed E-state index contributed by atoms with van der Waals surface area (Å²) in [5.41, 5.74) is -2.13. The van der Waals surface area contributed by atoms with Crippen molar-refractivity contribution in [1.29, 1.82) is 5.26 Å². The highest BCUT2D eigenvalue weighted by Gasteiger charge is 2.38. The largest absolute Gasteiger partial charge is 0.429 e. The van der Waals surface area contributed by atoms with Crippen LogP contribution in [0.5, 0.6) is 5.75 Å². The van der Waals surface area contributed by atoms with E-state index in [2.05, 4.69) is 4.74 Å².